The van der Waals surface area contributed by atoms with Gasteiger partial charge in [-0.3, -0.25) is 9.69 Å². The summed E-state index contributed by atoms with van der Waals surface area (Å²) in [4.78, 5) is 13.5. The van der Waals surface area contributed by atoms with Gasteiger partial charge in [0.1, 0.15) is 5.75 Å². The molecule has 0 aliphatic carbocycles. The van der Waals surface area contributed by atoms with Gasteiger partial charge in [-0.1, -0.05) is 0 Å². The Morgan fingerprint density at radius 2 is 2.05 bits per heavy atom. The summed E-state index contributed by atoms with van der Waals surface area (Å²) in [5, 5.41) is 11.6. The Labute approximate surface area is 126 Å². The SMILES string of the molecule is CC(C)NC(=O)CN(C)CCCOc1ccc(C#N)cc1. The summed E-state index contributed by atoms with van der Waals surface area (Å²) < 4.78 is 5.59. The van der Waals surface area contributed by atoms with Gasteiger partial charge in [0.15, 0.2) is 0 Å². The molecule has 0 bridgehead atoms. The lowest BCUT2D eigenvalue weighted by Gasteiger charge is -2.17. The highest BCUT2D eigenvalue weighted by Gasteiger charge is 2.07. The molecule has 5 heteroatoms. The first-order valence-electron chi connectivity index (χ1n) is 7.12. The molecule has 0 aliphatic rings. The van der Waals surface area contributed by atoms with Crippen LogP contribution in [0.4, 0.5) is 0 Å². The summed E-state index contributed by atoms with van der Waals surface area (Å²) in [5.41, 5.74) is 0.623. The first kappa shape index (κ1) is 17.0. The largest absolute Gasteiger partial charge is 0.494 e. The second-order valence-electron chi connectivity index (χ2n) is 5.30. The molecule has 0 saturated heterocycles. The number of amides is 1. The first-order chi connectivity index (χ1) is 10.0. The van der Waals surface area contributed by atoms with Crippen molar-refractivity contribution in [3.63, 3.8) is 0 Å². The molecule has 0 saturated carbocycles. The molecule has 1 N–H and O–H groups in total. The highest BCUT2D eigenvalue weighted by atomic mass is 16.5. The van der Waals surface area contributed by atoms with E-state index in [1.54, 1.807) is 24.3 Å². The van der Waals surface area contributed by atoms with Crippen molar-refractivity contribution in [2.24, 2.45) is 0 Å². The summed E-state index contributed by atoms with van der Waals surface area (Å²) in [6.45, 7) is 5.67. The summed E-state index contributed by atoms with van der Waals surface area (Å²) >= 11 is 0. The van der Waals surface area contributed by atoms with Crippen molar-refractivity contribution < 1.29 is 9.53 Å². The molecule has 0 fully saturated rings. The number of likely N-dealkylation sites (N-methyl/N-ethyl adjacent to an activating group) is 1. The Morgan fingerprint density at radius 1 is 1.38 bits per heavy atom. The molecule has 1 aromatic carbocycles. The van der Waals surface area contributed by atoms with Crippen molar-refractivity contribution in [3.05, 3.63) is 29.8 Å². The number of carbonyl (C=O) groups is 1. The second kappa shape index (κ2) is 8.98. The highest BCUT2D eigenvalue weighted by molar-refractivity contribution is 5.78. The van der Waals surface area contributed by atoms with Crippen LogP contribution in [0.3, 0.4) is 0 Å². The number of carbonyl (C=O) groups excluding carboxylic acids is 1. The number of benzene rings is 1. The lowest BCUT2D eigenvalue weighted by Crippen LogP contribution is -2.39. The fourth-order valence-electron chi connectivity index (χ4n) is 1.84. The third-order valence-electron chi connectivity index (χ3n) is 2.80. The number of nitrogens with zero attached hydrogens (tertiary/aromatic N) is 2. The van der Waals surface area contributed by atoms with E-state index in [9.17, 15) is 4.79 Å². The monoisotopic (exact) mass is 289 g/mol. The molecule has 0 unspecified atom stereocenters. The van der Waals surface area contributed by atoms with Gasteiger partial charge in [0, 0.05) is 12.6 Å². The van der Waals surface area contributed by atoms with Crippen LogP contribution in [0.15, 0.2) is 24.3 Å². The van der Waals surface area contributed by atoms with E-state index in [0.29, 0.717) is 18.7 Å². The average molecular weight is 289 g/mol. The van der Waals surface area contributed by atoms with Gasteiger partial charge >= 0.3 is 0 Å². The van der Waals surface area contributed by atoms with E-state index in [2.05, 4.69) is 11.4 Å². The summed E-state index contributed by atoms with van der Waals surface area (Å²) in [6, 6.07) is 9.29. The Kier molecular flexibility index (Phi) is 7.27. The number of rotatable bonds is 8. The number of hydrogen-bond donors (Lipinski definition) is 1. The van der Waals surface area contributed by atoms with Crippen molar-refractivity contribution in [1.82, 2.24) is 10.2 Å². The molecular weight excluding hydrogens is 266 g/mol. The van der Waals surface area contributed by atoms with E-state index in [-0.39, 0.29) is 11.9 Å². The van der Waals surface area contributed by atoms with Crippen LogP contribution in [0.1, 0.15) is 25.8 Å². The van der Waals surface area contributed by atoms with E-state index in [4.69, 9.17) is 10.00 Å². The molecule has 1 rings (SSSR count). The zero-order valence-electron chi connectivity index (χ0n) is 12.9. The predicted octanol–water partition coefficient (Wildman–Crippen LogP) is 1.78. The van der Waals surface area contributed by atoms with Gasteiger partial charge in [0.25, 0.3) is 0 Å². The van der Waals surface area contributed by atoms with Gasteiger partial charge in [-0.2, -0.15) is 5.26 Å². The standard InChI is InChI=1S/C16H23N3O2/c1-13(2)18-16(20)12-19(3)9-4-10-21-15-7-5-14(11-17)6-8-15/h5-8,13H,4,9-10,12H2,1-3H3,(H,18,20). The molecule has 0 radical (unpaired) electrons. The zero-order valence-corrected chi connectivity index (χ0v) is 12.9. The third kappa shape index (κ3) is 7.33. The molecule has 21 heavy (non-hydrogen) atoms. The Balaban J connectivity index is 2.18. The Hall–Kier alpha value is -2.06. The van der Waals surface area contributed by atoms with Crippen LogP contribution in [0, 0.1) is 11.3 Å². The van der Waals surface area contributed by atoms with Crippen molar-refractivity contribution in [3.8, 4) is 11.8 Å². The molecule has 0 atom stereocenters. The molecule has 114 valence electrons. The molecule has 0 spiro atoms. The van der Waals surface area contributed by atoms with Gasteiger partial charge in [-0.25, -0.2) is 0 Å². The summed E-state index contributed by atoms with van der Waals surface area (Å²) in [7, 11) is 1.92. The molecule has 0 aromatic heterocycles. The van der Waals surface area contributed by atoms with Crippen molar-refractivity contribution in [2.75, 3.05) is 26.7 Å². The van der Waals surface area contributed by atoms with Crippen molar-refractivity contribution in [1.29, 1.82) is 5.26 Å². The van der Waals surface area contributed by atoms with Crippen LogP contribution in [0.2, 0.25) is 0 Å². The maximum absolute atomic E-state index is 11.6. The zero-order chi connectivity index (χ0) is 15.7. The molecule has 1 aromatic rings. The molecule has 1 amide bonds. The number of hydrogen-bond acceptors (Lipinski definition) is 4. The number of nitrogens with one attached hydrogen (secondary N) is 1. The maximum Gasteiger partial charge on any atom is 0.234 e. The predicted molar refractivity (Wildman–Crippen MR) is 82.0 cm³/mol. The van der Waals surface area contributed by atoms with Gasteiger partial charge < -0.3 is 10.1 Å². The van der Waals surface area contributed by atoms with Crippen LogP contribution in [-0.4, -0.2) is 43.6 Å². The minimum Gasteiger partial charge on any atom is -0.494 e. The van der Waals surface area contributed by atoms with E-state index >= 15 is 0 Å². The summed E-state index contributed by atoms with van der Waals surface area (Å²) in [5.74, 6) is 0.801. The fraction of sp³-hybridized carbons (Fsp3) is 0.500. The fourth-order valence-corrected chi connectivity index (χ4v) is 1.84. The normalized spacial score (nSPS) is 10.5. The average Bonchev–Trinajstić information content (AvgIpc) is 2.43. The van der Waals surface area contributed by atoms with Crippen LogP contribution in [0.5, 0.6) is 5.75 Å². The van der Waals surface area contributed by atoms with Gasteiger partial charge in [-0.15, -0.1) is 0 Å². The Morgan fingerprint density at radius 3 is 2.62 bits per heavy atom. The quantitative estimate of drug-likeness (QED) is 0.741. The highest BCUT2D eigenvalue weighted by Crippen LogP contribution is 2.11. The number of nitriles is 1. The van der Waals surface area contributed by atoms with Gasteiger partial charge in [0.05, 0.1) is 24.8 Å². The van der Waals surface area contributed by atoms with Gasteiger partial charge in [0.2, 0.25) is 5.91 Å². The minimum atomic E-state index is 0.0421. The van der Waals surface area contributed by atoms with E-state index in [1.165, 1.54) is 0 Å². The smallest absolute Gasteiger partial charge is 0.234 e. The second-order valence-corrected chi connectivity index (χ2v) is 5.30. The molecule has 0 heterocycles. The molecule has 5 nitrogen and oxygen atoms in total. The third-order valence-corrected chi connectivity index (χ3v) is 2.80. The van der Waals surface area contributed by atoms with E-state index < -0.39 is 0 Å². The van der Waals surface area contributed by atoms with Crippen LogP contribution >= 0.6 is 0 Å². The first-order valence-corrected chi connectivity index (χ1v) is 7.12. The van der Waals surface area contributed by atoms with Gasteiger partial charge in [-0.05, 0) is 51.6 Å². The lowest BCUT2D eigenvalue weighted by atomic mass is 10.2. The minimum absolute atomic E-state index is 0.0421. The van der Waals surface area contributed by atoms with Crippen LogP contribution < -0.4 is 10.1 Å². The number of ether oxygens (including phenoxy) is 1. The van der Waals surface area contributed by atoms with E-state index in [1.807, 2.05) is 25.8 Å². The summed E-state index contributed by atoms with van der Waals surface area (Å²) in [6.07, 6.45) is 0.839. The Bertz CT molecular complexity index is 477. The van der Waals surface area contributed by atoms with Crippen LogP contribution in [-0.2, 0) is 4.79 Å². The van der Waals surface area contributed by atoms with E-state index in [0.717, 1.165) is 18.7 Å². The topological polar surface area (TPSA) is 65.4 Å². The molecular formula is C16H23N3O2. The molecule has 0 aliphatic heterocycles. The van der Waals surface area contributed by atoms with Crippen molar-refractivity contribution in [2.45, 2.75) is 26.3 Å². The van der Waals surface area contributed by atoms with Crippen LogP contribution in [0.25, 0.3) is 0 Å². The van der Waals surface area contributed by atoms with Crippen molar-refractivity contribution >= 4 is 5.91 Å². The lowest BCUT2D eigenvalue weighted by molar-refractivity contribution is -0.122. The maximum atomic E-state index is 11.6.